The normalized spacial score (nSPS) is 12.3. The Morgan fingerprint density at radius 3 is 1.83 bits per heavy atom. The summed E-state index contributed by atoms with van der Waals surface area (Å²) in [6.07, 6.45) is 7.68. The number of unbranched alkanes of at least 4 members (excludes halogenated alkanes) is 4. The summed E-state index contributed by atoms with van der Waals surface area (Å²) in [6, 6.07) is 0.100. The molecule has 0 fully saturated rings. The predicted octanol–water partition coefficient (Wildman–Crippen LogP) is 2.38. The molecule has 5 heteroatoms. The molecule has 0 heterocycles. The number of aliphatic carboxylic acids is 2. The molecular weight excluding hydrogens is 234 g/mol. The van der Waals surface area contributed by atoms with Crippen LogP contribution in [0.4, 0.5) is 0 Å². The Morgan fingerprint density at radius 1 is 0.778 bits per heavy atom. The van der Waals surface area contributed by atoms with Gasteiger partial charge in [0.1, 0.15) is 0 Å². The fourth-order valence-electron chi connectivity index (χ4n) is 1.87. The van der Waals surface area contributed by atoms with E-state index in [9.17, 15) is 9.59 Å². The van der Waals surface area contributed by atoms with Crippen LogP contribution in [0.5, 0.6) is 0 Å². The van der Waals surface area contributed by atoms with Gasteiger partial charge < -0.3 is 15.9 Å². The molecule has 0 amide bonds. The summed E-state index contributed by atoms with van der Waals surface area (Å²) in [7, 11) is 0. The Kier molecular flexibility index (Phi) is 10.3. The molecule has 5 nitrogen and oxygen atoms in total. The molecule has 1 atom stereocenters. The molecule has 18 heavy (non-hydrogen) atoms. The lowest BCUT2D eigenvalue weighted by Crippen LogP contribution is -2.19. The van der Waals surface area contributed by atoms with Gasteiger partial charge in [-0.1, -0.05) is 25.7 Å². The number of carbonyl (C=O) groups is 2. The largest absolute Gasteiger partial charge is 0.481 e. The predicted molar refractivity (Wildman–Crippen MR) is 69.4 cm³/mol. The van der Waals surface area contributed by atoms with Gasteiger partial charge in [0, 0.05) is 18.9 Å². The van der Waals surface area contributed by atoms with Gasteiger partial charge in [0.15, 0.2) is 0 Å². The second-order valence-corrected chi connectivity index (χ2v) is 4.75. The fourth-order valence-corrected chi connectivity index (χ4v) is 1.87. The van der Waals surface area contributed by atoms with Crippen LogP contribution in [0.15, 0.2) is 0 Å². The quantitative estimate of drug-likeness (QED) is 0.467. The smallest absolute Gasteiger partial charge is 0.303 e. The van der Waals surface area contributed by atoms with E-state index < -0.39 is 11.9 Å². The van der Waals surface area contributed by atoms with E-state index in [4.69, 9.17) is 15.9 Å². The summed E-state index contributed by atoms with van der Waals surface area (Å²) in [6.45, 7) is 0. The van der Waals surface area contributed by atoms with Crippen molar-refractivity contribution in [3.63, 3.8) is 0 Å². The fraction of sp³-hybridized carbons (Fsp3) is 0.846. The van der Waals surface area contributed by atoms with Crippen LogP contribution in [0.3, 0.4) is 0 Å². The van der Waals surface area contributed by atoms with Gasteiger partial charge in [0.2, 0.25) is 0 Å². The number of carboxylic acids is 2. The topological polar surface area (TPSA) is 101 Å². The molecular formula is C13H25NO4. The first-order valence-electron chi connectivity index (χ1n) is 6.71. The number of nitrogens with two attached hydrogens (primary N) is 1. The highest BCUT2D eigenvalue weighted by Crippen LogP contribution is 2.10. The summed E-state index contributed by atoms with van der Waals surface area (Å²) in [5.41, 5.74) is 5.87. The van der Waals surface area contributed by atoms with Crippen LogP contribution in [0.25, 0.3) is 0 Å². The first-order chi connectivity index (χ1) is 8.52. The van der Waals surface area contributed by atoms with Gasteiger partial charge in [-0.15, -0.1) is 0 Å². The van der Waals surface area contributed by atoms with E-state index in [1.807, 2.05) is 0 Å². The Bertz CT molecular complexity index is 243. The zero-order valence-electron chi connectivity index (χ0n) is 10.9. The Labute approximate surface area is 108 Å². The lowest BCUT2D eigenvalue weighted by atomic mass is 10.0. The highest BCUT2D eigenvalue weighted by atomic mass is 16.4. The third kappa shape index (κ3) is 13.0. The van der Waals surface area contributed by atoms with Crippen LogP contribution in [-0.2, 0) is 9.59 Å². The molecule has 0 radical (unpaired) electrons. The lowest BCUT2D eigenvalue weighted by Gasteiger charge is -2.10. The van der Waals surface area contributed by atoms with E-state index >= 15 is 0 Å². The van der Waals surface area contributed by atoms with E-state index in [1.54, 1.807) is 0 Å². The van der Waals surface area contributed by atoms with Crippen LogP contribution in [-0.4, -0.2) is 28.2 Å². The van der Waals surface area contributed by atoms with Crippen molar-refractivity contribution in [1.29, 1.82) is 0 Å². The Morgan fingerprint density at radius 2 is 1.22 bits per heavy atom. The summed E-state index contributed by atoms with van der Waals surface area (Å²) in [5, 5.41) is 16.9. The first kappa shape index (κ1) is 16.9. The molecule has 106 valence electrons. The maximum Gasteiger partial charge on any atom is 0.303 e. The van der Waals surface area contributed by atoms with Gasteiger partial charge >= 0.3 is 11.9 Å². The van der Waals surface area contributed by atoms with Crippen molar-refractivity contribution in [2.45, 2.75) is 70.3 Å². The lowest BCUT2D eigenvalue weighted by molar-refractivity contribution is -0.138. The van der Waals surface area contributed by atoms with E-state index in [-0.39, 0.29) is 18.9 Å². The van der Waals surface area contributed by atoms with Gasteiger partial charge in [-0.3, -0.25) is 9.59 Å². The van der Waals surface area contributed by atoms with Crippen molar-refractivity contribution < 1.29 is 19.8 Å². The van der Waals surface area contributed by atoms with E-state index in [0.717, 1.165) is 44.9 Å². The number of rotatable bonds is 12. The van der Waals surface area contributed by atoms with Crippen LogP contribution < -0.4 is 5.73 Å². The molecule has 0 bridgehead atoms. The average Bonchev–Trinajstić information content (AvgIpc) is 2.26. The van der Waals surface area contributed by atoms with E-state index in [0.29, 0.717) is 6.42 Å². The molecule has 4 N–H and O–H groups in total. The molecule has 0 aromatic heterocycles. The van der Waals surface area contributed by atoms with Crippen LogP contribution in [0, 0.1) is 0 Å². The van der Waals surface area contributed by atoms with Gasteiger partial charge in [0.05, 0.1) is 0 Å². The zero-order valence-corrected chi connectivity index (χ0v) is 10.9. The summed E-state index contributed by atoms with van der Waals surface area (Å²) in [5.74, 6) is -1.49. The minimum atomic E-state index is -0.763. The number of hydrogen-bond donors (Lipinski definition) is 3. The Balaban J connectivity index is 3.22. The summed E-state index contributed by atoms with van der Waals surface area (Å²) < 4.78 is 0. The highest BCUT2D eigenvalue weighted by Gasteiger charge is 2.04. The van der Waals surface area contributed by atoms with Crippen molar-refractivity contribution in [3.05, 3.63) is 0 Å². The zero-order chi connectivity index (χ0) is 13.8. The van der Waals surface area contributed by atoms with Gasteiger partial charge in [-0.05, 0) is 25.7 Å². The minimum Gasteiger partial charge on any atom is -0.481 e. The van der Waals surface area contributed by atoms with Crippen molar-refractivity contribution in [1.82, 2.24) is 0 Å². The third-order valence-corrected chi connectivity index (χ3v) is 2.93. The number of hydrogen-bond acceptors (Lipinski definition) is 3. The van der Waals surface area contributed by atoms with Crippen molar-refractivity contribution >= 4 is 11.9 Å². The standard InChI is InChI=1S/C13H25NO4/c14-11(8-6-10-13(17)18)7-4-2-1-3-5-9-12(15)16/h11H,1-10,14H2,(H,15,16)(H,17,18)/t11-/m0/s1. The average molecular weight is 259 g/mol. The van der Waals surface area contributed by atoms with E-state index in [2.05, 4.69) is 0 Å². The third-order valence-electron chi connectivity index (χ3n) is 2.93. The Hall–Kier alpha value is -1.10. The van der Waals surface area contributed by atoms with Gasteiger partial charge in [-0.2, -0.15) is 0 Å². The van der Waals surface area contributed by atoms with Gasteiger partial charge in [-0.25, -0.2) is 0 Å². The molecule has 0 aliphatic heterocycles. The molecule has 0 spiro atoms. The molecule has 0 aromatic carbocycles. The van der Waals surface area contributed by atoms with Crippen molar-refractivity contribution in [3.8, 4) is 0 Å². The van der Waals surface area contributed by atoms with E-state index in [1.165, 1.54) is 0 Å². The summed E-state index contributed by atoms with van der Waals surface area (Å²) in [4.78, 5) is 20.6. The monoisotopic (exact) mass is 259 g/mol. The molecule has 0 unspecified atom stereocenters. The SMILES string of the molecule is N[C@@H](CCCCCCCC(=O)O)CCCC(=O)O. The first-order valence-corrected chi connectivity index (χ1v) is 6.71. The maximum absolute atomic E-state index is 10.3. The molecule has 0 saturated carbocycles. The second kappa shape index (κ2) is 11.0. The van der Waals surface area contributed by atoms with Crippen LogP contribution >= 0.6 is 0 Å². The molecule has 0 aromatic rings. The number of carboxylic acid groups (broad SMARTS) is 2. The van der Waals surface area contributed by atoms with Crippen molar-refractivity contribution in [2.24, 2.45) is 5.73 Å². The van der Waals surface area contributed by atoms with Crippen LogP contribution in [0.1, 0.15) is 64.2 Å². The highest BCUT2D eigenvalue weighted by molar-refractivity contribution is 5.66. The molecule has 0 rings (SSSR count). The van der Waals surface area contributed by atoms with Crippen LogP contribution in [0.2, 0.25) is 0 Å². The minimum absolute atomic E-state index is 0.100. The molecule has 0 aliphatic carbocycles. The summed E-state index contributed by atoms with van der Waals surface area (Å²) >= 11 is 0. The van der Waals surface area contributed by atoms with Crippen molar-refractivity contribution in [2.75, 3.05) is 0 Å². The second-order valence-electron chi connectivity index (χ2n) is 4.75. The molecule has 0 aliphatic rings. The van der Waals surface area contributed by atoms with Gasteiger partial charge in [0.25, 0.3) is 0 Å². The molecule has 0 saturated heterocycles. The maximum atomic E-state index is 10.3.